The van der Waals surface area contributed by atoms with E-state index in [1.165, 1.54) is 0 Å². The van der Waals surface area contributed by atoms with Crippen LogP contribution in [0.4, 0.5) is 5.69 Å². The molecule has 0 saturated heterocycles. The number of carbonyl (C=O) groups excluding carboxylic acids is 2. The molecule has 21 heavy (non-hydrogen) atoms. The first-order valence-electron chi connectivity index (χ1n) is 6.97. The maximum Gasteiger partial charge on any atom is 0.234 e. The lowest BCUT2D eigenvalue weighted by molar-refractivity contribution is -0.119. The Labute approximate surface area is 124 Å². The zero-order valence-electron chi connectivity index (χ0n) is 12.4. The lowest BCUT2D eigenvalue weighted by Gasteiger charge is -2.15. The minimum atomic E-state index is -0.600. The Bertz CT molecular complexity index is 760. The van der Waals surface area contributed by atoms with Gasteiger partial charge in [0.25, 0.3) is 0 Å². The van der Waals surface area contributed by atoms with E-state index < -0.39 is 5.41 Å². The predicted molar refractivity (Wildman–Crippen MR) is 82.7 cm³/mol. The molecule has 0 aliphatic carbocycles. The Morgan fingerprint density at radius 1 is 1.10 bits per heavy atom. The van der Waals surface area contributed by atoms with Crippen molar-refractivity contribution in [2.45, 2.75) is 26.2 Å². The number of aryl methyl sites for hydroxylation is 1. The van der Waals surface area contributed by atoms with Crippen molar-refractivity contribution in [2.24, 2.45) is 0 Å². The Morgan fingerprint density at radius 2 is 1.81 bits per heavy atom. The Morgan fingerprint density at radius 3 is 2.52 bits per heavy atom. The zero-order chi connectivity index (χ0) is 15.2. The molecule has 0 atom stereocenters. The molecule has 3 nitrogen and oxygen atoms in total. The summed E-state index contributed by atoms with van der Waals surface area (Å²) in [5, 5.41) is 2.85. The molecule has 1 aliphatic rings. The number of benzene rings is 2. The maximum absolute atomic E-state index is 12.7. The molecule has 0 unspecified atom stereocenters. The van der Waals surface area contributed by atoms with Gasteiger partial charge in [0.05, 0.1) is 5.41 Å². The summed E-state index contributed by atoms with van der Waals surface area (Å²) in [4.78, 5) is 24.6. The van der Waals surface area contributed by atoms with Crippen LogP contribution in [0.2, 0.25) is 0 Å². The summed E-state index contributed by atoms with van der Waals surface area (Å²) in [7, 11) is 0. The highest BCUT2D eigenvalue weighted by atomic mass is 16.2. The number of ketones is 1. The monoisotopic (exact) mass is 279 g/mol. The van der Waals surface area contributed by atoms with Crippen LogP contribution >= 0.6 is 0 Å². The number of rotatable bonds is 2. The highest BCUT2D eigenvalue weighted by Crippen LogP contribution is 2.38. The highest BCUT2D eigenvalue weighted by Gasteiger charge is 2.38. The molecule has 1 N–H and O–H groups in total. The summed E-state index contributed by atoms with van der Waals surface area (Å²) in [6.07, 6.45) is 0. The van der Waals surface area contributed by atoms with Gasteiger partial charge in [-0.3, -0.25) is 9.59 Å². The van der Waals surface area contributed by atoms with Crippen molar-refractivity contribution in [3.63, 3.8) is 0 Å². The highest BCUT2D eigenvalue weighted by molar-refractivity contribution is 6.12. The van der Waals surface area contributed by atoms with E-state index in [0.717, 1.165) is 16.8 Å². The fourth-order valence-corrected chi connectivity index (χ4v) is 2.70. The number of hydrogen-bond donors (Lipinski definition) is 1. The summed E-state index contributed by atoms with van der Waals surface area (Å²) in [5.41, 5.74) is 3.35. The van der Waals surface area contributed by atoms with Gasteiger partial charge in [0, 0.05) is 16.8 Å². The smallest absolute Gasteiger partial charge is 0.234 e. The number of fused-ring (bicyclic) bond motifs is 1. The number of nitrogens with one attached hydrogen (secondary N) is 1. The van der Waals surface area contributed by atoms with Crippen LogP contribution in [0.1, 0.15) is 40.9 Å². The van der Waals surface area contributed by atoms with Crippen LogP contribution < -0.4 is 5.32 Å². The number of hydrogen-bond acceptors (Lipinski definition) is 2. The molecule has 1 aliphatic heterocycles. The third kappa shape index (κ3) is 2.05. The SMILES string of the molecule is Cc1ccccc1C(=O)c1ccc2c(c1)C(C)(C)C(=O)N2. The first kappa shape index (κ1) is 13.6. The number of carbonyl (C=O) groups is 2. The summed E-state index contributed by atoms with van der Waals surface area (Å²) in [5.74, 6) is -0.0379. The summed E-state index contributed by atoms with van der Waals surface area (Å²) < 4.78 is 0. The predicted octanol–water partition coefficient (Wildman–Crippen LogP) is 3.46. The van der Waals surface area contributed by atoms with Crippen molar-refractivity contribution < 1.29 is 9.59 Å². The van der Waals surface area contributed by atoms with Crippen LogP contribution in [0.3, 0.4) is 0 Å². The Kier molecular flexibility index (Phi) is 2.94. The molecule has 0 aromatic heterocycles. The van der Waals surface area contributed by atoms with Gasteiger partial charge in [-0.1, -0.05) is 24.3 Å². The molecular weight excluding hydrogens is 262 g/mol. The normalized spacial score (nSPS) is 15.5. The molecule has 1 amide bonds. The molecule has 0 spiro atoms. The first-order chi connectivity index (χ1) is 9.91. The van der Waals surface area contributed by atoms with Crippen molar-refractivity contribution in [3.8, 4) is 0 Å². The third-order valence-corrected chi connectivity index (χ3v) is 4.16. The fourth-order valence-electron chi connectivity index (χ4n) is 2.70. The van der Waals surface area contributed by atoms with Gasteiger partial charge < -0.3 is 5.32 Å². The van der Waals surface area contributed by atoms with Crippen LogP contribution in [0.25, 0.3) is 0 Å². The van der Waals surface area contributed by atoms with Gasteiger partial charge in [0.1, 0.15) is 0 Å². The van der Waals surface area contributed by atoms with Crippen LogP contribution in [0.5, 0.6) is 0 Å². The van der Waals surface area contributed by atoms with Gasteiger partial charge in [-0.25, -0.2) is 0 Å². The summed E-state index contributed by atoms with van der Waals surface area (Å²) in [6, 6.07) is 13.0. The van der Waals surface area contributed by atoms with E-state index in [1.807, 2.05) is 57.2 Å². The topological polar surface area (TPSA) is 46.2 Å². The molecule has 1 heterocycles. The van der Waals surface area contributed by atoms with Gasteiger partial charge in [0.15, 0.2) is 5.78 Å². The van der Waals surface area contributed by atoms with Crippen molar-refractivity contribution in [2.75, 3.05) is 5.32 Å². The third-order valence-electron chi connectivity index (χ3n) is 4.16. The fraction of sp³-hybridized carbons (Fsp3) is 0.222. The minimum Gasteiger partial charge on any atom is -0.325 e. The summed E-state index contributed by atoms with van der Waals surface area (Å²) >= 11 is 0. The van der Waals surface area contributed by atoms with Gasteiger partial charge in [-0.15, -0.1) is 0 Å². The van der Waals surface area contributed by atoms with Gasteiger partial charge in [-0.05, 0) is 50.1 Å². The van der Waals surface area contributed by atoms with E-state index in [-0.39, 0.29) is 11.7 Å². The Balaban J connectivity index is 2.07. The van der Waals surface area contributed by atoms with Crippen molar-refractivity contribution in [3.05, 3.63) is 64.7 Å². The van der Waals surface area contributed by atoms with E-state index >= 15 is 0 Å². The second-order valence-corrected chi connectivity index (χ2v) is 5.98. The van der Waals surface area contributed by atoms with Crippen molar-refractivity contribution in [1.82, 2.24) is 0 Å². The van der Waals surface area contributed by atoms with E-state index in [0.29, 0.717) is 11.1 Å². The van der Waals surface area contributed by atoms with Crippen molar-refractivity contribution >= 4 is 17.4 Å². The second kappa shape index (κ2) is 4.55. The molecule has 0 saturated carbocycles. The average molecular weight is 279 g/mol. The van der Waals surface area contributed by atoms with Gasteiger partial charge in [0.2, 0.25) is 5.91 Å². The lowest BCUT2D eigenvalue weighted by atomic mass is 9.84. The molecule has 0 bridgehead atoms. The molecule has 2 aromatic rings. The molecule has 0 radical (unpaired) electrons. The number of anilines is 1. The molecule has 106 valence electrons. The van der Waals surface area contributed by atoms with Crippen LogP contribution in [0.15, 0.2) is 42.5 Å². The molecular formula is C18H17NO2. The number of amides is 1. The molecule has 2 aromatic carbocycles. The van der Waals surface area contributed by atoms with Crippen LogP contribution in [0, 0.1) is 6.92 Å². The first-order valence-corrected chi connectivity index (χ1v) is 6.97. The largest absolute Gasteiger partial charge is 0.325 e. The Hall–Kier alpha value is -2.42. The van der Waals surface area contributed by atoms with Crippen LogP contribution in [-0.2, 0) is 10.2 Å². The van der Waals surface area contributed by atoms with E-state index in [2.05, 4.69) is 5.32 Å². The molecule has 3 heteroatoms. The zero-order valence-corrected chi connectivity index (χ0v) is 12.4. The molecule has 0 fully saturated rings. The van der Waals surface area contributed by atoms with Gasteiger partial charge >= 0.3 is 0 Å². The quantitative estimate of drug-likeness (QED) is 0.856. The minimum absolute atomic E-state index is 0.00829. The lowest BCUT2D eigenvalue weighted by Crippen LogP contribution is -2.27. The van der Waals surface area contributed by atoms with Gasteiger partial charge in [-0.2, -0.15) is 0 Å². The standard InChI is InChI=1S/C18H17NO2/c1-11-6-4-5-7-13(11)16(20)12-8-9-15-14(10-12)18(2,3)17(21)19-15/h4-10H,1-3H3,(H,19,21). The second-order valence-electron chi connectivity index (χ2n) is 5.98. The van der Waals surface area contributed by atoms with E-state index in [4.69, 9.17) is 0 Å². The van der Waals surface area contributed by atoms with E-state index in [9.17, 15) is 9.59 Å². The maximum atomic E-state index is 12.7. The van der Waals surface area contributed by atoms with E-state index in [1.54, 1.807) is 6.07 Å². The average Bonchev–Trinajstić information content (AvgIpc) is 2.69. The van der Waals surface area contributed by atoms with Crippen LogP contribution in [-0.4, -0.2) is 11.7 Å². The van der Waals surface area contributed by atoms with Crippen molar-refractivity contribution in [1.29, 1.82) is 0 Å². The molecule has 3 rings (SSSR count). The summed E-state index contributed by atoms with van der Waals surface area (Å²) in [6.45, 7) is 5.67.